The van der Waals surface area contributed by atoms with Gasteiger partial charge in [-0.15, -0.1) is 11.3 Å². The molecule has 74 valence electrons. The van der Waals surface area contributed by atoms with Crippen LogP contribution in [0.25, 0.3) is 0 Å². The highest BCUT2D eigenvalue weighted by Gasteiger charge is 2.09. The number of thiophene rings is 1. The molecule has 0 radical (unpaired) electrons. The van der Waals surface area contributed by atoms with Crippen LogP contribution in [0.4, 0.5) is 0 Å². The lowest BCUT2D eigenvalue weighted by Crippen LogP contribution is -2.07. The van der Waals surface area contributed by atoms with Crippen LogP contribution in [-0.4, -0.2) is 4.83 Å². The Morgan fingerprint density at radius 3 is 2.54 bits per heavy atom. The van der Waals surface area contributed by atoms with Crippen molar-refractivity contribution in [2.24, 2.45) is 5.92 Å². The molecule has 0 saturated heterocycles. The van der Waals surface area contributed by atoms with Crippen LogP contribution in [0.3, 0.4) is 0 Å². The molecule has 0 fully saturated rings. The van der Waals surface area contributed by atoms with E-state index in [0.717, 1.165) is 5.92 Å². The van der Waals surface area contributed by atoms with Gasteiger partial charge in [-0.25, -0.2) is 0 Å². The summed E-state index contributed by atoms with van der Waals surface area (Å²) >= 11 is 5.63. The molecule has 1 heterocycles. The van der Waals surface area contributed by atoms with Gasteiger partial charge in [-0.3, -0.25) is 0 Å². The van der Waals surface area contributed by atoms with Gasteiger partial charge in [0.05, 0.1) is 0 Å². The lowest BCUT2D eigenvalue weighted by Gasteiger charge is -2.12. The Hall–Kier alpha value is 0.180. The molecule has 0 saturated carbocycles. The van der Waals surface area contributed by atoms with Crippen molar-refractivity contribution in [3.05, 3.63) is 21.9 Å². The lowest BCUT2D eigenvalue weighted by molar-refractivity contribution is 0.583. The summed E-state index contributed by atoms with van der Waals surface area (Å²) in [7, 11) is 0. The van der Waals surface area contributed by atoms with Crippen molar-refractivity contribution in [3.63, 3.8) is 0 Å². The fourth-order valence-corrected chi connectivity index (χ4v) is 2.37. The van der Waals surface area contributed by atoms with Crippen LogP contribution in [0.2, 0.25) is 0 Å². The second-order valence-corrected chi connectivity index (χ2v) is 6.36. The number of alkyl halides is 1. The minimum atomic E-state index is 0.662. The largest absolute Gasteiger partial charge is 0.146 e. The van der Waals surface area contributed by atoms with E-state index in [2.05, 4.69) is 48.8 Å². The second kappa shape index (κ2) is 5.16. The molecule has 0 amide bonds. The van der Waals surface area contributed by atoms with Crippen molar-refractivity contribution in [2.75, 3.05) is 0 Å². The third kappa shape index (κ3) is 3.82. The van der Waals surface area contributed by atoms with E-state index < -0.39 is 0 Å². The third-order valence-electron chi connectivity index (χ3n) is 2.19. The van der Waals surface area contributed by atoms with E-state index in [1.165, 1.54) is 22.6 Å². The van der Waals surface area contributed by atoms with Gasteiger partial charge in [-0.2, -0.15) is 0 Å². The molecule has 0 nitrogen and oxygen atoms in total. The van der Waals surface area contributed by atoms with Crippen molar-refractivity contribution in [1.82, 2.24) is 0 Å². The van der Waals surface area contributed by atoms with Crippen LogP contribution in [0.5, 0.6) is 0 Å². The van der Waals surface area contributed by atoms with Crippen LogP contribution in [0, 0.1) is 12.8 Å². The molecule has 1 rings (SSSR count). The van der Waals surface area contributed by atoms with Crippen LogP contribution in [-0.2, 0) is 6.42 Å². The zero-order chi connectivity index (χ0) is 9.84. The van der Waals surface area contributed by atoms with Crippen LogP contribution < -0.4 is 0 Å². The van der Waals surface area contributed by atoms with Gasteiger partial charge in [0.15, 0.2) is 0 Å². The first kappa shape index (κ1) is 11.3. The van der Waals surface area contributed by atoms with Crippen molar-refractivity contribution >= 4 is 27.3 Å². The van der Waals surface area contributed by atoms with Crippen LogP contribution in [0.15, 0.2) is 12.1 Å². The summed E-state index contributed by atoms with van der Waals surface area (Å²) in [5.74, 6) is 0.737. The number of hydrogen-bond donors (Lipinski definition) is 0. The fourth-order valence-electron chi connectivity index (χ4n) is 1.23. The summed E-state index contributed by atoms with van der Waals surface area (Å²) in [4.78, 5) is 3.60. The van der Waals surface area contributed by atoms with E-state index in [4.69, 9.17) is 0 Å². The van der Waals surface area contributed by atoms with Gasteiger partial charge in [0, 0.05) is 14.6 Å². The van der Waals surface area contributed by atoms with Gasteiger partial charge in [0.2, 0.25) is 0 Å². The topological polar surface area (TPSA) is 0 Å². The average Bonchev–Trinajstić information content (AvgIpc) is 2.47. The molecule has 0 aromatic carbocycles. The minimum absolute atomic E-state index is 0.662. The van der Waals surface area contributed by atoms with Gasteiger partial charge >= 0.3 is 0 Å². The number of aryl methyl sites for hydroxylation is 2. The summed E-state index contributed by atoms with van der Waals surface area (Å²) in [6, 6.07) is 4.46. The van der Waals surface area contributed by atoms with Gasteiger partial charge < -0.3 is 0 Å². The summed E-state index contributed by atoms with van der Waals surface area (Å²) in [6.07, 6.45) is 2.46. The van der Waals surface area contributed by atoms with Crippen molar-refractivity contribution in [3.8, 4) is 0 Å². The Labute approximate surface area is 93.5 Å². The third-order valence-corrected chi connectivity index (χ3v) is 4.76. The van der Waals surface area contributed by atoms with Gasteiger partial charge in [-0.05, 0) is 37.8 Å². The molecule has 0 aliphatic rings. The van der Waals surface area contributed by atoms with Gasteiger partial charge in [-0.1, -0.05) is 29.8 Å². The SMILES string of the molecule is Cc1ccc(CCC(Br)C(C)C)s1. The highest BCUT2D eigenvalue weighted by molar-refractivity contribution is 9.09. The summed E-state index contributed by atoms with van der Waals surface area (Å²) < 4.78 is 0. The zero-order valence-corrected chi connectivity index (χ0v) is 10.9. The Morgan fingerprint density at radius 1 is 1.38 bits per heavy atom. The van der Waals surface area contributed by atoms with Crippen molar-refractivity contribution < 1.29 is 0 Å². The number of rotatable bonds is 4. The summed E-state index contributed by atoms with van der Waals surface area (Å²) in [6.45, 7) is 6.69. The molecule has 1 aromatic heterocycles. The monoisotopic (exact) mass is 260 g/mol. The predicted octanol–water partition coefficient (Wildman–Crippen LogP) is 4.41. The molecular formula is C11H17BrS. The van der Waals surface area contributed by atoms with Gasteiger partial charge in [0.25, 0.3) is 0 Å². The van der Waals surface area contributed by atoms with Crippen molar-refractivity contribution in [1.29, 1.82) is 0 Å². The maximum atomic E-state index is 3.71. The molecule has 0 spiro atoms. The first-order valence-electron chi connectivity index (χ1n) is 4.79. The summed E-state index contributed by atoms with van der Waals surface area (Å²) in [5.41, 5.74) is 0. The first-order chi connectivity index (χ1) is 6.09. The highest BCUT2D eigenvalue weighted by atomic mass is 79.9. The molecule has 2 heteroatoms. The zero-order valence-electron chi connectivity index (χ0n) is 8.51. The Bertz CT molecular complexity index is 252. The lowest BCUT2D eigenvalue weighted by atomic mass is 10.1. The first-order valence-corrected chi connectivity index (χ1v) is 6.52. The molecule has 13 heavy (non-hydrogen) atoms. The Morgan fingerprint density at radius 2 is 2.08 bits per heavy atom. The average molecular weight is 261 g/mol. The summed E-state index contributed by atoms with van der Waals surface area (Å²) in [5, 5.41) is 0. The minimum Gasteiger partial charge on any atom is -0.146 e. The van der Waals surface area contributed by atoms with Crippen molar-refractivity contribution in [2.45, 2.75) is 38.4 Å². The van der Waals surface area contributed by atoms with E-state index in [1.807, 2.05) is 11.3 Å². The molecule has 0 bridgehead atoms. The molecule has 1 aromatic rings. The Balaban J connectivity index is 2.35. The predicted molar refractivity (Wildman–Crippen MR) is 64.9 cm³/mol. The molecule has 1 unspecified atom stereocenters. The number of hydrogen-bond acceptors (Lipinski definition) is 1. The molecular weight excluding hydrogens is 244 g/mol. The maximum Gasteiger partial charge on any atom is 0.0172 e. The quantitative estimate of drug-likeness (QED) is 0.704. The van der Waals surface area contributed by atoms with E-state index in [1.54, 1.807) is 0 Å². The second-order valence-electron chi connectivity index (χ2n) is 3.81. The van der Waals surface area contributed by atoms with E-state index in [-0.39, 0.29) is 0 Å². The highest BCUT2D eigenvalue weighted by Crippen LogP contribution is 2.22. The maximum absolute atomic E-state index is 3.71. The standard InChI is InChI=1S/C11H17BrS/c1-8(2)11(12)7-6-10-5-4-9(3)13-10/h4-5,8,11H,6-7H2,1-3H3. The van der Waals surface area contributed by atoms with E-state index in [0.29, 0.717) is 4.83 Å². The molecule has 0 aliphatic heterocycles. The molecule has 1 atom stereocenters. The fraction of sp³-hybridized carbons (Fsp3) is 0.636. The van der Waals surface area contributed by atoms with E-state index >= 15 is 0 Å². The van der Waals surface area contributed by atoms with Crippen LogP contribution >= 0.6 is 27.3 Å². The Kier molecular flexibility index (Phi) is 4.47. The molecule has 0 aliphatic carbocycles. The smallest absolute Gasteiger partial charge is 0.0172 e. The van der Waals surface area contributed by atoms with Crippen LogP contribution in [0.1, 0.15) is 30.0 Å². The number of halogens is 1. The normalized spacial score (nSPS) is 13.6. The van der Waals surface area contributed by atoms with E-state index in [9.17, 15) is 0 Å². The van der Waals surface area contributed by atoms with Gasteiger partial charge in [0.1, 0.15) is 0 Å². The molecule has 0 N–H and O–H groups in total.